The van der Waals surface area contributed by atoms with E-state index in [1.54, 1.807) is 19.2 Å². The molecule has 2 radical (unpaired) electrons. The molecule has 0 bridgehead atoms. The van der Waals surface area contributed by atoms with Crippen molar-refractivity contribution >= 4 is 13.3 Å². The van der Waals surface area contributed by atoms with Crippen LogP contribution in [0.1, 0.15) is 11.9 Å². The lowest BCUT2D eigenvalue weighted by molar-refractivity contribution is -0.0441. The minimum absolute atomic E-state index is 0.181. The van der Waals surface area contributed by atoms with Crippen molar-refractivity contribution in [1.82, 2.24) is 0 Å². The Morgan fingerprint density at radius 1 is 1.38 bits per heavy atom. The molecule has 0 spiro atoms. The Morgan fingerprint density at radius 2 is 2.12 bits per heavy atom. The van der Waals surface area contributed by atoms with Crippen LogP contribution < -0.4 is 10.2 Å². The fraction of sp³-hybridized carbons (Fsp3) is 0.455. The highest BCUT2D eigenvalue weighted by molar-refractivity contribution is 6.34. The van der Waals surface area contributed by atoms with Gasteiger partial charge in [0.15, 0.2) is 13.1 Å². The monoisotopic (exact) mass is 220 g/mol. The van der Waals surface area contributed by atoms with Crippen molar-refractivity contribution in [2.75, 3.05) is 27.1 Å². The number of methoxy groups -OCH3 is 1. The normalized spacial score (nSPS) is 16.6. The summed E-state index contributed by atoms with van der Waals surface area (Å²) < 4.78 is 20.8. The average Bonchev–Trinajstić information content (AvgIpc) is 2.81. The number of ether oxygens (including phenoxy) is 4. The van der Waals surface area contributed by atoms with Gasteiger partial charge in [-0.25, -0.2) is 0 Å². The van der Waals surface area contributed by atoms with Gasteiger partial charge in [-0.15, -0.1) is 0 Å². The van der Waals surface area contributed by atoms with Gasteiger partial charge >= 0.3 is 0 Å². The van der Waals surface area contributed by atoms with Gasteiger partial charge in [0.25, 0.3) is 0 Å². The first-order valence-electron chi connectivity index (χ1n) is 5.05. The summed E-state index contributed by atoms with van der Waals surface area (Å²) in [5, 5.41) is 0. The molecular weight excluding hydrogens is 207 g/mol. The molecule has 1 heterocycles. The van der Waals surface area contributed by atoms with Crippen LogP contribution in [0.15, 0.2) is 18.2 Å². The SMILES string of the molecule is [B]c1cc(C2OCCO2)ccc1OCOC. The highest BCUT2D eigenvalue weighted by atomic mass is 16.7. The molecule has 1 aliphatic rings. The van der Waals surface area contributed by atoms with Crippen molar-refractivity contribution in [2.24, 2.45) is 0 Å². The summed E-state index contributed by atoms with van der Waals surface area (Å²) in [7, 11) is 7.40. The fourth-order valence-corrected chi connectivity index (χ4v) is 1.52. The van der Waals surface area contributed by atoms with Crippen LogP contribution in [0.25, 0.3) is 0 Å². The Hall–Kier alpha value is -1.04. The van der Waals surface area contributed by atoms with Crippen molar-refractivity contribution in [2.45, 2.75) is 6.29 Å². The Labute approximate surface area is 95.9 Å². The minimum Gasteiger partial charge on any atom is -0.468 e. The van der Waals surface area contributed by atoms with E-state index >= 15 is 0 Å². The fourth-order valence-electron chi connectivity index (χ4n) is 1.52. The molecule has 0 atom stereocenters. The van der Waals surface area contributed by atoms with E-state index in [9.17, 15) is 0 Å². The van der Waals surface area contributed by atoms with Gasteiger partial charge in [-0.3, -0.25) is 0 Å². The van der Waals surface area contributed by atoms with Crippen molar-refractivity contribution in [3.05, 3.63) is 23.8 Å². The maximum Gasteiger partial charge on any atom is 0.188 e. The summed E-state index contributed by atoms with van der Waals surface area (Å²) in [4.78, 5) is 0. The summed E-state index contributed by atoms with van der Waals surface area (Å²) in [6, 6.07) is 5.45. The Kier molecular flexibility index (Phi) is 3.82. The van der Waals surface area contributed by atoms with Crippen LogP contribution in [0, 0.1) is 0 Å². The van der Waals surface area contributed by atoms with Gasteiger partial charge in [0.05, 0.1) is 13.2 Å². The van der Waals surface area contributed by atoms with Crippen LogP contribution in [0.2, 0.25) is 0 Å². The topological polar surface area (TPSA) is 36.9 Å². The van der Waals surface area contributed by atoms with Crippen molar-refractivity contribution in [3.63, 3.8) is 0 Å². The highest BCUT2D eigenvalue weighted by Crippen LogP contribution is 2.23. The molecule has 0 amide bonds. The highest BCUT2D eigenvalue weighted by Gasteiger charge is 2.18. The molecule has 1 saturated heterocycles. The van der Waals surface area contributed by atoms with Gasteiger partial charge in [0.2, 0.25) is 0 Å². The second kappa shape index (κ2) is 5.34. The molecule has 5 heteroatoms. The maximum atomic E-state index is 5.84. The molecule has 1 aromatic rings. The molecule has 0 unspecified atom stereocenters. The van der Waals surface area contributed by atoms with Crippen LogP contribution >= 0.6 is 0 Å². The maximum absolute atomic E-state index is 5.84. The van der Waals surface area contributed by atoms with Crippen molar-refractivity contribution < 1.29 is 18.9 Å². The lowest BCUT2D eigenvalue weighted by Crippen LogP contribution is -2.13. The third kappa shape index (κ3) is 2.55. The van der Waals surface area contributed by atoms with E-state index in [2.05, 4.69) is 0 Å². The molecule has 84 valence electrons. The summed E-state index contributed by atoms with van der Waals surface area (Å²) in [6.45, 7) is 1.42. The molecular formula is C11H13BO4. The van der Waals surface area contributed by atoms with Gasteiger partial charge in [-0.2, -0.15) is 0 Å². The predicted octanol–water partition coefficient (Wildman–Crippen LogP) is 0.508. The molecule has 2 rings (SSSR count). The molecule has 1 aliphatic heterocycles. The quantitative estimate of drug-likeness (QED) is 0.547. The zero-order valence-corrected chi connectivity index (χ0v) is 9.14. The zero-order valence-electron chi connectivity index (χ0n) is 9.14. The lowest BCUT2D eigenvalue weighted by Gasteiger charge is -2.13. The number of rotatable bonds is 4. The number of benzene rings is 1. The van der Waals surface area contributed by atoms with Gasteiger partial charge in [-0.1, -0.05) is 17.6 Å². The van der Waals surface area contributed by atoms with E-state index in [0.29, 0.717) is 24.4 Å². The van der Waals surface area contributed by atoms with Gasteiger partial charge < -0.3 is 18.9 Å². The van der Waals surface area contributed by atoms with E-state index < -0.39 is 0 Å². The zero-order chi connectivity index (χ0) is 11.4. The summed E-state index contributed by atoms with van der Waals surface area (Å²) >= 11 is 0. The van der Waals surface area contributed by atoms with E-state index in [4.69, 9.17) is 26.8 Å². The van der Waals surface area contributed by atoms with Gasteiger partial charge in [-0.05, 0) is 6.07 Å². The minimum atomic E-state index is -0.307. The van der Waals surface area contributed by atoms with Crippen LogP contribution in [0.3, 0.4) is 0 Å². The molecule has 4 nitrogen and oxygen atoms in total. The van der Waals surface area contributed by atoms with Crippen LogP contribution in [0.5, 0.6) is 5.75 Å². The Balaban J connectivity index is 2.09. The Bertz CT molecular complexity index is 350. The average molecular weight is 220 g/mol. The largest absolute Gasteiger partial charge is 0.468 e. The first kappa shape index (κ1) is 11.5. The third-order valence-electron chi connectivity index (χ3n) is 2.26. The molecule has 16 heavy (non-hydrogen) atoms. The molecule has 1 fully saturated rings. The summed E-state index contributed by atoms with van der Waals surface area (Å²) in [5.74, 6) is 0.601. The predicted molar refractivity (Wildman–Crippen MR) is 59.0 cm³/mol. The summed E-state index contributed by atoms with van der Waals surface area (Å²) in [5.41, 5.74) is 1.45. The molecule has 0 saturated carbocycles. The summed E-state index contributed by atoms with van der Waals surface area (Å²) in [6.07, 6.45) is -0.307. The second-order valence-corrected chi connectivity index (χ2v) is 3.42. The van der Waals surface area contributed by atoms with Gasteiger partial charge in [0.1, 0.15) is 13.6 Å². The first-order valence-corrected chi connectivity index (χ1v) is 5.05. The van der Waals surface area contributed by atoms with Crippen LogP contribution in [-0.2, 0) is 14.2 Å². The van der Waals surface area contributed by atoms with Gasteiger partial charge in [0, 0.05) is 12.7 Å². The number of hydrogen-bond acceptors (Lipinski definition) is 4. The van der Waals surface area contributed by atoms with Crippen LogP contribution in [0.4, 0.5) is 0 Å². The van der Waals surface area contributed by atoms with E-state index in [1.807, 2.05) is 6.07 Å². The van der Waals surface area contributed by atoms with Crippen molar-refractivity contribution in [3.8, 4) is 5.75 Å². The molecule has 0 aromatic heterocycles. The number of hydrogen-bond donors (Lipinski definition) is 0. The lowest BCUT2D eigenvalue weighted by atomic mass is 9.93. The Morgan fingerprint density at radius 3 is 2.75 bits per heavy atom. The molecule has 0 N–H and O–H groups in total. The molecule has 1 aromatic carbocycles. The van der Waals surface area contributed by atoms with E-state index in [1.165, 1.54) is 0 Å². The van der Waals surface area contributed by atoms with Crippen molar-refractivity contribution in [1.29, 1.82) is 0 Å². The van der Waals surface area contributed by atoms with E-state index in [0.717, 1.165) is 5.56 Å². The molecule has 0 aliphatic carbocycles. The van der Waals surface area contributed by atoms with E-state index in [-0.39, 0.29) is 13.1 Å². The standard InChI is InChI=1S/C11H13BO4/c1-13-7-16-10-3-2-8(6-9(10)12)11-14-4-5-15-11/h2-3,6,11H,4-5,7H2,1H3. The smallest absolute Gasteiger partial charge is 0.188 e. The first-order chi connectivity index (χ1) is 7.81. The second-order valence-electron chi connectivity index (χ2n) is 3.42. The van der Waals surface area contributed by atoms with Crippen LogP contribution in [-0.4, -0.2) is 35.0 Å². The third-order valence-corrected chi connectivity index (χ3v) is 2.26.